The summed E-state index contributed by atoms with van der Waals surface area (Å²) in [6.07, 6.45) is -3.62. The smallest absolute Gasteiger partial charge is 0.369 e. The topological polar surface area (TPSA) is 95.4 Å². The Balaban J connectivity index is 1.90. The van der Waals surface area contributed by atoms with Gasteiger partial charge < -0.3 is 5.73 Å². The van der Waals surface area contributed by atoms with Gasteiger partial charge >= 0.3 is 6.18 Å². The average molecular weight is 435 g/mol. The van der Waals surface area contributed by atoms with E-state index in [2.05, 4.69) is 16.0 Å². The van der Waals surface area contributed by atoms with E-state index in [0.717, 1.165) is 22.7 Å². The fourth-order valence-corrected chi connectivity index (χ4v) is 3.65. The molecular weight excluding hydrogens is 419 g/mol. The minimum absolute atomic E-state index is 0.0632. The third-order valence-corrected chi connectivity index (χ3v) is 5.32. The molecule has 2 heterocycles. The van der Waals surface area contributed by atoms with Crippen LogP contribution in [0.3, 0.4) is 0 Å². The van der Waals surface area contributed by atoms with Gasteiger partial charge in [0.05, 0.1) is 11.6 Å². The summed E-state index contributed by atoms with van der Waals surface area (Å²) in [7, 11) is 1.45. The van der Waals surface area contributed by atoms with Crippen LogP contribution in [0.2, 0.25) is 0 Å². The van der Waals surface area contributed by atoms with E-state index in [1.165, 1.54) is 13.1 Å². The largest absolute Gasteiger partial charge is 0.433 e. The first-order chi connectivity index (χ1) is 15.2. The maximum atomic E-state index is 13.3. The van der Waals surface area contributed by atoms with Crippen molar-refractivity contribution < 1.29 is 18.0 Å². The van der Waals surface area contributed by atoms with Gasteiger partial charge in [-0.25, -0.2) is 4.99 Å². The van der Waals surface area contributed by atoms with E-state index in [9.17, 15) is 23.2 Å². The van der Waals surface area contributed by atoms with Gasteiger partial charge in [0.15, 0.2) is 11.5 Å². The average Bonchev–Trinajstić information content (AvgIpc) is 3.03. The van der Waals surface area contributed by atoms with E-state index in [1.807, 2.05) is 6.07 Å². The maximum absolute atomic E-state index is 13.3. The molecule has 32 heavy (non-hydrogen) atoms. The first-order valence-corrected chi connectivity index (χ1v) is 9.45. The molecule has 1 aliphatic rings. The number of amides is 1. The van der Waals surface area contributed by atoms with E-state index in [4.69, 9.17) is 5.73 Å². The quantitative estimate of drug-likeness (QED) is 0.679. The van der Waals surface area contributed by atoms with Crippen LogP contribution in [0.15, 0.2) is 71.9 Å². The number of halogens is 3. The molecule has 1 amide bonds. The molecule has 1 aromatic heterocycles. The van der Waals surface area contributed by atoms with Crippen molar-refractivity contribution in [3.05, 3.63) is 89.2 Å². The number of aromatic nitrogens is 1. The molecule has 2 aromatic carbocycles. The highest BCUT2D eigenvalue weighted by Crippen LogP contribution is 2.41. The number of nitrogens with zero attached hydrogens (tertiary/aromatic N) is 4. The molecule has 1 atom stereocenters. The summed E-state index contributed by atoms with van der Waals surface area (Å²) in [4.78, 5) is 22.4. The lowest BCUT2D eigenvalue weighted by atomic mass is 9.82. The first kappa shape index (κ1) is 21.1. The molecule has 0 aliphatic carbocycles. The number of rotatable bonds is 3. The lowest BCUT2D eigenvalue weighted by molar-refractivity contribution is -0.141. The van der Waals surface area contributed by atoms with Crippen LogP contribution in [-0.4, -0.2) is 28.8 Å². The van der Waals surface area contributed by atoms with Crippen LogP contribution in [0.1, 0.15) is 22.4 Å². The second-order valence-electron chi connectivity index (χ2n) is 7.25. The van der Waals surface area contributed by atoms with Crippen molar-refractivity contribution in [2.24, 2.45) is 10.7 Å². The Hall–Kier alpha value is -4.19. The van der Waals surface area contributed by atoms with Crippen molar-refractivity contribution in [1.29, 1.82) is 5.26 Å². The Morgan fingerprint density at radius 2 is 1.72 bits per heavy atom. The fraction of sp³-hybridized carbons (Fsp3) is 0.130. The first-order valence-electron chi connectivity index (χ1n) is 9.45. The Labute approximate surface area is 181 Å². The monoisotopic (exact) mass is 435 g/mol. The number of hydrogen-bond acceptors (Lipinski definition) is 5. The van der Waals surface area contributed by atoms with Gasteiger partial charge in [0.25, 0.3) is 5.91 Å². The van der Waals surface area contributed by atoms with Gasteiger partial charge in [0.2, 0.25) is 0 Å². The summed E-state index contributed by atoms with van der Waals surface area (Å²) in [6.45, 7) is 0. The van der Waals surface area contributed by atoms with Crippen molar-refractivity contribution in [3.8, 4) is 17.2 Å². The molecule has 0 spiro atoms. The number of pyridine rings is 1. The zero-order valence-corrected chi connectivity index (χ0v) is 16.8. The summed E-state index contributed by atoms with van der Waals surface area (Å²) in [6, 6.07) is 17.9. The number of hydrogen-bond donors (Lipinski definition) is 1. The number of likely N-dealkylation sites (N-methyl/N-ethyl adjacent to an activating group) is 1. The van der Waals surface area contributed by atoms with Gasteiger partial charge in [-0.1, -0.05) is 36.4 Å². The third-order valence-electron chi connectivity index (χ3n) is 5.32. The molecule has 6 nitrogen and oxygen atoms in total. The van der Waals surface area contributed by atoms with Crippen molar-refractivity contribution in [3.63, 3.8) is 0 Å². The number of alkyl halides is 3. The molecule has 0 saturated carbocycles. The Morgan fingerprint density at radius 3 is 2.28 bits per heavy atom. The fourth-order valence-electron chi connectivity index (χ4n) is 3.65. The molecule has 4 rings (SSSR count). The van der Waals surface area contributed by atoms with Crippen LogP contribution in [0.5, 0.6) is 0 Å². The molecule has 0 saturated heterocycles. The molecular formula is C23H16F3N5O. The van der Waals surface area contributed by atoms with Gasteiger partial charge in [-0.2, -0.15) is 18.4 Å². The van der Waals surface area contributed by atoms with Gasteiger partial charge in [-0.3, -0.25) is 14.7 Å². The predicted octanol–water partition coefficient (Wildman–Crippen LogP) is 3.67. The molecule has 160 valence electrons. The summed E-state index contributed by atoms with van der Waals surface area (Å²) in [5.74, 6) is -0.578. The van der Waals surface area contributed by atoms with Crippen LogP contribution < -0.4 is 5.73 Å². The van der Waals surface area contributed by atoms with E-state index in [0.29, 0.717) is 16.7 Å². The molecule has 1 unspecified atom stereocenters. The SMILES string of the molecule is CN1C(=O)C(c2ccc(C(F)(F)F)nc2)(c2cccc(-c3cccc(C#N)c3)c2)N=C1N. The highest BCUT2D eigenvalue weighted by Gasteiger charge is 2.50. The molecule has 3 aromatic rings. The van der Waals surface area contributed by atoms with Gasteiger partial charge in [-0.05, 0) is 41.0 Å². The normalized spacial score (nSPS) is 18.4. The summed E-state index contributed by atoms with van der Waals surface area (Å²) >= 11 is 0. The molecule has 9 heteroatoms. The van der Waals surface area contributed by atoms with Crippen LogP contribution in [0.4, 0.5) is 13.2 Å². The number of guanidine groups is 1. The van der Waals surface area contributed by atoms with E-state index >= 15 is 0 Å². The number of aliphatic imine (C=N–C) groups is 1. The van der Waals surface area contributed by atoms with Crippen molar-refractivity contribution in [2.75, 3.05) is 7.05 Å². The van der Waals surface area contributed by atoms with E-state index in [-0.39, 0.29) is 11.5 Å². The van der Waals surface area contributed by atoms with Crippen molar-refractivity contribution in [1.82, 2.24) is 9.88 Å². The molecule has 0 bridgehead atoms. The Bertz CT molecular complexity index is 1280. The lowest BCUT2D eigenvalue weighted by Crippen LogP contribution is -2.41. The summed E-state index contributed by atoms with van der Waals surface area (Å²) in [5.41, 5.74) is 5.65. The Kier molecular flexibility index (Phi) is 4.93. The van der Waals surface area contributed by atoms with Gasteiger partial charge in [0.1, 0.15) is 5.69 Å². The van der Waals surface area contributed by atoms with Gasteiger partial charge in [0, 0.05) is 18.8 Å². The van der Waals surface area contributed by atoms with Crippen molar-refractivity contribution in [2.45, 2.75) is 11.7 Å². The Morgan fingerprint density at radius 1 is 1.03 bits per heavy atom. The second-order valence-corrected chi connectivity index (χ2v) is 7.25. The second kappa shape index (κ2) is 7.50. The highest BCUT2D eigenvalue weighted by atomic mass is 19.4. The van der Waals surface area contributed by atoms with Crippen LogP contribution in [-0.2, 0) is 16.5 Å². The maximum Gasteiger partial charge on any atom is 0.433 e. The zero-order chi connectivity index (χ0) is 23.1. The predicted molar refractivity (Wildman–Crippen MR) is 111 cm³/mol. The van der Waals surface area contributed by atoms with E-state index < -0.39 is 23.3 Å². The molecule has 0 radical (unpaired) electrons. The summed E-state index contributed by atoms with van der Waals surface area (Å²) in [5, 5.41) is 9.18. The third kappa shape index (κ3) is 3.36. The van der Waals surface area contributed by atoms with Gasteiger partial charge in [-0.15, -0.1) is 0 Å². The number of benzene rings is 2. The van der Waals surface area contributed by atoms with Crippen LogP contribution >= 0.6 is 0 Å². The number of nitriles is 1. The molecule has 2 N–H and O–H groups in total. The van der Waals surface area contributed by atoms with Crippen LogP contribution in [0.25, 0.3) is 11.1 Å². The molecule has 0 fully saturated rings. The standard InChI is InChI=1S/C23H16F3N5O/c1-31-20(32)22(30-21(31)28,18-8-9-19(29-13-18)23(24,25)26)17-7-3-6-16(11-17)15-5-2-4-14(10-15)12-27/h2-11,13H,1H3,(H2,28,30). The highest BCUT2D eigenvalue weighted by molar-refractivity contribution is 6.09. The zero-order valence-electron chi connectivity index (χ0n) is 16.8. The van der Waals surface area contributed by atoms with Crippen molar-refractivity contribution >= 4 is 11.9 Å². The van der Waals surface area contributed by atoms with E-state index in [1.54, 1.807) is 42.5 Å². The molecule has 1 aliphatic heterocycles. The number of nitrogens with two attached hydrogens (primary N) is 1. The minimum Gasteiger partial charge on any atom is -0.369 e. The number of carbonyl (C=O) groups is 1. The van der Waals surface area contributed by atoms with Crippen LogP contribution in [0, 0.1) is 11.3 Å². The summed E-state index contributed by atoms with van der Waals surface area (Å²) < 4.78 is 39.0. The number of carbonyl (C=O) groups excluding carboxylic acids is 1. The lowest BCUT2D eigenvalue weighted by Gasteiger charge is -2.26. The minimum atomic E-state index is -4.61.